The van der Waals surface area contributed by atoms with Crippen LogP contribution >= 0.6 is 23.4 Å². The molecule has 2 fully saturated rings. The van der Waals surface area contributed by atoms with Gasteiger partial charge in [0, 0.05) is 29.6 Å². The van der Waals surface area contributed by atoms with Crippen LogP contribution in [0.5, 0.6) is 0 Å². The Morgan fingerprint density at radius 1 is 1.18 bits per heavy atom. The van der Waals surface area contributed by atoms with E-state index in [-0.39, 0.29) is 33.8 Å². The van der Waals surface area contributed by atoms with Crippen molar-refractivity contribution in [3.8, 4) is 0 Å². The molecule has 3 unspecified atom stereocenters. The minimum Gasteiger partial charge on any atom is -0.353 e. The number of benzene rings is 1. The van der Waals surface area contributed by atoms with Gasteiger partial charge in [-0.05, 0) is 50.6 Å². The van der Waals surface area contributed by atoms with Crippen LogP contribution in [0.4, 0.5) is 33.3 Å². The molecule has 1 aromatic carbocycles. The molecule has 6 rings (SSSR count). The number of thioether (sulfide) groups is 1. The normalized spacial score (nSPS) is 31.2. The van der Waals surface area contributed by atoms with E-state index in [1.165, 1.54) is 48.4 Å². The molecule has 2 aliphatic carbocycles. The number of nitrogens with one attached hydrogen (secondary N) is 1. The fourth-order valence-electron chi connectivity index (χ4n) is 5.96. The Morgan fingerprint density at radius 2 is 1.85 bits per heavy atom. The lowest BCUT2D eigenvalue weighted by Crippen LogP contribution is -2.48. The molecule has 13 heteroatoms. The summed E-state index contributed by atoms with van der Waals surface area (Å²) in [6, 6.07) is 7.20. The Labute approximate surface area is 230 Å². The van der Waals surface area contributed by atoms with Crippen LogP contribution < -0.4 is 10.2 Å². The Hall–Kier alpha value is -2.60. The van der Waals surface area contributed by atoms with Gasteiger partial charge in [-0.15, -0.1) is 0 Å². The number of alkyl halides is 5. The largest absolute Gasteiger partial charge is 0.401 e. The van der Waals surface area contributed by atoms with E-state index in [1.807, 2.05) is 6.26 Å². The van der Waals surface area contributed by atoms with E-state index in [2.05, 4.69) is 15.4 Å². The van der Waals surface area contributed by atoms with Gasteiger partial charge in [-0.25, -0.2) is 18.3 Å². The summed E-state index contributed by atoms with van der Waals surface area (Å²) < 4.78 is 74.4. The molecule has 2 aromatic heterocycles. The second-order valence-corrected chi connectivity index (χ2v) is 12.5. The summed E-state index contributed by atoms with van der Waals surface area (Å²) in [4.78, 5) is 18.5. The molecule has 1 amide bonds. The fraction of sp³-hybridized carbons (Fsp3) is 0.500. The van der Waals surface area contributed by atoms with Crippen molar-refractivity contribution >= 4 is 46.3 Å². The van der Waals surface area contributed by atoms with Crippen LogP contribution in [-0.4, -0.2) is 56.7 Å². The number of rotatable bonds is 5. The lowest BCUT2D eigenvalue weighted by atomic mass is 9.87. The second kappa shape index (κ2) is 8.45. The molecule has 0 bridgehead atoms. The highest BCUT2D eigenvalue weighted by atomic mass is 35.5. The van der Waals surface area contributed by atoms with Crippen molar-refractivity contribution in [1.82, 2.24) is 19.9 Å². The summed E-state index contributed by atoms with van der Waals surface area (Å²) in [7, 11) is 0. The van der Waals surface area contributed by atoms with Gasteiger partial charge in [0.25, 0.3) is 5.92 Å². The number of carbonyl (C=O) groups is 1. The maximum Gasteiger partial charge on any atom is 0.401 e. The molecule has 39 heavy (non-hydrogen) atoms. The lowest BCUT2D eigenvalue weighted by molar-refractivity contribution is -0.181. The van der Waals surface area contributed by atoms with Crippen LogP contribution in [0.2, 0.25) is 5.15 Å². The van der Waals surface area contributed by atoms with Crippen molar-refractivity contribution in [1.29, 1.82) is 0 Å². The number of anilines is 2. The third kappa shape index (κ3) is 3.69. The number of amides is 1. The number of nitrogens with zero attached hydrogens (tertiary/aromatic N) is 4. The molecule has 0 saturated heterocycles. The molecular weight excluding hydrogens is 561 g/mol. The Kier molecular flexibility index (Phi) is 5.77. The molecule has 208 valence electrons. The molecule has 3 aliphatic rings. The van der Waals surface area contributed by atoms with Crippen molar-refractivity contribution in [2.24, 2.45) is 5.41 Å². The van der Waals surface area contributed by atoms with Gasteiger partial charge in [0.1, 0.15) is 10.8 Å². The third-order valence-electron chi connectivity index (χ3n) is 8.67. The molecule has 0 radical (unpaired) electrons. The summed E-state index contributed by atoms with van der Waals surface area (Å²) in [5.74, 6) is -5.24. The van der Waals surface area contributed by atoms with E-state index < -0.39 is 41.3 Å². The van der Waals surface area contributed by atoms with Crippen LogP contribution in [0.15, 0.2) is 36.5 Å². The van der Waals surface area contributed by atoms with Gasteiger partial charge < -0.3 is 10.2 Å². The van der Waals surface area contributed by atoms with Gasteiger partial charge in [0.15, 0.2) is 10.8 Å². The minimum atomic E-state index is -4.62. The van der Waals surface area contributed by atoms with Crippen molar-refractivity contribution in [3.05, 3.63) is 52.9 Å². The Morgan fingerprint density at radius 3 is 2.46 bits per heavy atom. The maximum absolute atomic E-state index is 15.0. The van der Waals surface area contributed by atoms with Crippen LogP contribution in [0, 0.1) is 5.41 Å². The first-order valence-corrected chi connectivity index (χ1v) is 14.1. The zero-order valence-corrected chi connectivity index (χ0v) is 22.8. The monoisotopic (exact) mass is 585 g/mol. The highest BCUT2D eigenvalue weighted by Gasteiger charge is 2.82. The molecule has 3 aromatic rings. The van der Waals surface area contributed by atoms with Gasteiger partial charge in [-0.3, -0.25) is 4.79 Å². The number of halogens is 6. The van der Waals surface area contributed by atoms with Crippen molar-refractivity contribution in [3.63, 3.8) is 0 Å². The highest BCUT2D eigenvalue weighted by molar-refractivity contribution is 7.99. The van der Waals surface area contributed by atoms with Crippen molar-refractivity contribution in [2.75, 3.05) is 17.7 Å². The molecule has 2 saturated carbocycles. The van der Waals surface area contributed by atoms with E-state index in [1.54, 1.807) is 11.8 Å². The van der Waals surface area contributed by atoms with Gasteiger partial charge in [-0.1, -0.05) is 23.7 Å². The number of carbonyl (C=O) groups excluding carboxylic acids is 1. The quantitative estimate of drug-likeness (QED) is 0.367. The van der Waals surface area contributed by atoms with Crippen LogP contribution in [0.3, 0.4) is 0 Å². The fourth-order valence-corrected chi connectivity index (χ4v) is 6.98. The predicted molar refractivity (Wildman–Crippen MR) is 139 cm³/mol. The maximum atomic E-state index is 15.0. The van der Waals surface area contributed by atoms with Gasteiger partial charge in [0.2, 0.25) is 5.91 Å². The molecule has 1 aliphatic heterocycles. The minimum absolute atomic E-state index is 0.0158. The van der Waals surface area contributed by atoms with Gasteiger partial charge >= 0.3 is 6.18 Å². The molecule has 3 atom stereocenters. The molecule has 3 heterocycles. The third-order valence-corrected chi connectivity index (χ3v) is 9.91. The summed E-state index contributed by atoms with van der Waals surface area (Å²) in [6.07, 6.45) is 0.214. The van der Waals surface area contributed by atoms with E-state index in [0.29, 0.717) is 10.9 Å². The molecule has 6 nitrogen and oxygen atoms in total. The molecule has 0 spiro atoms. The average molecular weight is 586 g/mol. The number of aromatic nitrogens is 3. The summed E-state index contributed by atoms with van der Waals surface area (Å²) in [5.41, 5.74) is -3.28. The zero-order chi connectivity index (χ0) is 28.1. The van der Waals surface area contributed by atoms with Gasteiger partial charge in [-0.2, -0.15) is 30.0 Å². The van der Waals surface area contributed by atoms with E-state index in [4.69, 9.17) is 11.6 Å². The van der Waals surface area contributed by atoms with Crippen LogP contribution in [-0.2, 0) is 10.2 Å². The van der Waals surface area contributed by atoms with E-state index in [0.717, 1.165) is 24.3 Å². The highest BCUT2D eigenvalue weighted by Crippen LogP contribution is 2.71. The van der Waals surface area contributed by atoms with Crippen molar-refractivity contribution < 1.29 is 26.7 Å². The number of fused-ring (bicyclic) bond motifs is 3. The Balaban J connectivity index is 1.29. The van der Waals surface area contributed by atoms with Crippen LogP contribution in [0.1, 0.15) is 43.9 Å². The SMILES string of the molecule is CSC1CC(NC(=O)C2(C)C(c3ccc(N4CC(C)(C(F)(F)F)c5c4cnc4cc(Cl)nn54)cc3)C2(F)F)C1. The average Bonchev–Trinajstić information content (AvgIpc) is 3.12. The van der Waals surface area contributed by atoms with Crippen LogP contribution in [0.25, 0.3) is 5.65 Å². The first-order chi connectivity index (χ1) is 18.2. The Bertz CT molecular complexity index is 1470. The van der Waals surface area contributed by atoms with Crippen molar-refractivity contribution in [2.45, 2.75) is 61.4 Å². The standard InChI is InChI=1S/C26H25ClF5N5OS/c1-23(26(30,31)32)12-36(17-11-33-19-10-18(27)35-37(19)21(17)23)15-6-4-13(5-7-15)20-24(2,25(20,28)29)22(38)34-14-8-16(9-14)39-3/h4-7,10-11,14,16,20H,8-9,12H2,1-3H3,(H,34,38). The summed E-state index contributed by atoms with van der Waals surface area (Å²) >= 11 is 7.65. The number of hydrogen-bond acceptors (Lipinski definition) is 5. The topological polar surface area (TPSA) is 62.5 Å². The van der Waals surface area contributed by atoms with E-state index in [9.17, 15) is 18.0 Å². The lowest BCUT2D eigenvalue weighted by Gasteiger charge is -2.35. The summed E-state index contributed by atoms with van der Waals surface area (Å²) in [5, 5.41) is 7.24. The molecular formula is C26H25ClF5N5OS. The zero-order valence-electron chi connectivity index (χ0n) is 21.2. The first kappa shape index (κ1) is 26.6. The smallest absolute Gasteiger partial charge is 0.353 e. The molecule has 1 N–H and O–H groups in total. The number of hydrogen-bond donors (Lipinski definition) is 1. The predicted octanol–water partition coefficient (Wildman–Crippen LogP) is 6.10. The van der Waals surface area contributed by atoms with Gasteiger partial charge in [0.05, 0.1) is 23.5 Å². The second-order valence-electron chi connectivity index (χ2n) is 11.0. The van der Waals surface area contributed by atoms with E-state index >= 15 is 8.78 Å². The summed E-state index contributed by atoms with van der Waals surface area (Å²) in [6.45, 7) is 1.90. The first-order valence-electron chi connectivity index (χ1n) is 12.4.